The van der Waals surface area contributed by atoms with Crippen LogP contribution in [0.5, 0.6) is 0 Å². The number of thiophene rings is 1. The van der Waals surface area contributed by atoms with Crippen molar-refractivity contribution < 1.29 is 4.79 Å². The molecule has 2 aromatic carbocycles. The van der Waals surface area contributed by atoms with Crippen LogP contribution in [-0.4, -0.2) is 11.9 Å². The number of benzene rings is 2. The summed E-state index contributed by atoms with van der Waals surface area (Å²) in [6, 6.07) is 19.5. The van der Waals surface area contributed by atoms with Crippen molar-refractivity contribution in [2.24, 2.45) is 5.41 Å². The van der Waals surface area contributed by atoms with Gasteiger partial charge in [0.2, 0.25) is 5.91 Å². The number of hydrogen-bond donors (Lipinski definition) is 0. The van der Waals surface area contributed by atoms with E-state index < -0.39 is 5.41 Å². The number of para-hydroxylation sites is 1. The van der Waals surface area contributed by atoms with Crippen LogP contribution in [0.1, 0.15) is 50.5 Å². The predicted octanol–water partition coefficient (Wildman–Crippen LogP) is 6.20. The van der Waals surface area contributed by atoms with Crippen LogP contribution in [0.2, 0.25) is 0 Å². The summed E-state index contributed by atoms with van der Waals surface area (Å²) in [5.74, 6) is 0.459. The van der Waals surface area contributed by atoms with Crippen LogP contribution >= 0.6 is 11.3 Å². The molecule has 0 radical (unpaired) electrons. The molecular formula is C23H25NOS. The molecule has 0 bridgehead atoms. The maximum atomic E-state index is 13.3. The van der Waals surface area contributed by atoms with Gasteiger partial charge in [-0.2, -0.15) is 0 Å². The van der Waals surface area contributed by atoms with Gasteiger partial charge in [-0.3, -0.25) is 4.79 Å². The van der Waals surface area contributed by atoms with Crippen molar-refractivity contribution in [3.8, 4) is 0 Å². The molecule has 3 aromatic rings. The summed E-state index contributed by atoms with van der Waals surface area (Å²) in [5, 5.41) is 1.29. The van der Waals surface area contributed by atoms with Crippen molar-refractivity contribution in [3.05, 3.63) is 65.0 Å². The van der Waals surface area contributed by atoms with Crippen molar-refractivity contribution in [1.29, 1.82) is 0 Å². The molecule has 0 N–H and O–H groups in total. The van der Waals surface area contributed by atoms with Gasteiger partial charge >= 0.3 is 0 Å². The van der Waals surface area contributed by atoms with Gasteiger partial charge in [-0.15, -0.1) is 11.3 Å². The summed E-state index contributed by atoms with van der Waals surface area (Å²) in [5.41, 5.74) is 1.97. The van der Waals surface area contributed by atoms with E-state index in [1.165, 1.54) is 20.5 Å². The van der Waals surface area contributed by atoms with Gasteiger partial charge in [0, 0.05) is 32.6 Å². The van der Waals surface area contributed by atoms with E-state index in [1.807, 2.05) is 38.2 Å². The quantitative estimate of drug-likeness (QED) is 0.530. The van der Waals surface area contributed by atoms with E-state index in [0.717, 1.165) is 12.1 Å². The van der Waals surface area contributed by atoms with Crippen molar-refractivity contribution in [2.45, 2.75) is 46.1 Å². The Morgan fingerprint density at radius 3 is 2.46 bits per heavy atom. The Kier molecular flexibility index (Phi) is 4.15. The van der Waals surface area contributed by atoms with Crippen LogP contribution in [0.4, 0.5) is 5.69 Å². The minimum absolute atomic E-state index is 0.173. The van der Waals surface area contributed by atoms with Crippen molar-refractivity contribution in [2.75, 3.05) is 4.90 Å². The minimum atomic E-state index is -0.393. The lowest BCUT2D eigenvalue weighted by molar-refractivity contribution is -0.126. The van der Waals surface area contributed by atoms with Crippen LogP contribution < -0.4 is 4.90 Å². The fourth-order valence-electron chi connectivity index (χ4n) is 4.04. The number of anilines is 1. The first-order chi connectivity index (χ1) is 12.4. The lowest BCUT2D eigenvalue weighted by atomic mass is 9.90. The number of carbonyl (C=O) groups excluding carboxylic acids is 1. The number of hydrogen-bond acceptors (Lipinski definition) is 2. The average molecular weight is 364 g/mol. The molecule has 0 unspecified atom stereocenters. The number of carbonyl (C=O) groups is 1. The lowest BCUT2D eigenvalue weighted by Gasteiger charge is -2.32. The summed E-state index contributed by atoms with van der Waals surface area (Å²) in [4.78, 5) is 16.7. The average Bonchev–Trinajstić information content (AvgIpc) is 3.18. The first-order valence-electron chi connectivity index (χ1n) is 9.33. The summed E-state index contributed by atoms with van der Waals surface area (Å²) in [6.07, 6.45) is 0.940. The van der Waals surface area contributed by atoms with Crippen LogP contribution in [0.25, 0.3) is 10.1 Å². The van der Waals surface area contributed by atoms with E-state index in [1.54, 1.807) is 0 Å². The highest BCUT2D eigenvalue weighted by atomic mass is 32.1. The highest BCUT2D eigenvalue weighted by Gasteiger charge is 2.44. The molecule has 0 fully saturated rings. The minimum Gasteiger partial charge on any atom is -0.308 e. The maximum absolute atomic E-state index is 13.3. The molecule has 1 amide bonds. The molecule has 0 saturated carbocycles. The molecule has 2 heterocycles. The Hall–Kier alpha value is -2.13. The standard InChI is InChI=1S/C23H25NOS/c1-5-17-21(20-14-15-10-6-9-13-19(15)26-20)16-11-7-8-12-18(16)24(17)22(25)23(2,3)4/h6-14,17,21H,5H2,1-4H3/t17-,21+/m0/s1. The van der Waals surface area contributed by atoms with Crippen molar-refractivity contribution >= 4 is 33.0 Å². The Morgan fingerprint density at radius 1 is 1.08 bits per heavy atom. The Labute approximate surface area is 159 Å². The zero-order chi connectivity index (χ0) is 18.5. The molecule has 1 aliphatic rings. The SMILES string of the molecule is CC[C@H]1[C@H](c2cc3ccccc3s2)c2ccccc2N1C(=O)C(C)(C)C. The van der Waals surface area contributed by atoms with E-state index in [9.17, 15) is 4.79 Å². The van der Waals surface area contributed by atoms with Crippen molar-refractivity contribution in [1.82, 2.24) is 0 Å². The van der Waals surface area contributed by atoms with Gasteiger partial charge in [-0.05, 0) is 35.6 Å². The largest absolute Gasteiger partial charge is 0.308 e. The van der Waals surface area contributed by atoms with Crippen LogP contribution in [-0.2, 0) is 4.79 Å². The number of amides is 1. The second-order valence-electron chi connectivity index (χ2n) is 8.12. The molecule has 134 valence electrons. The molecule has 2 nitrogen and oxygen atoms in total. The monoisotopic (exact) mass is 363 g/mol. The molecule has 1 aliphatic heterocycles. The molecule has 3 heteroatoms. The number of fused-ring (bicyclic) bond motifs is 2. The van der Waals surface area contributed by atoms with Gasteiger partial charge in [-0.25, -0.2) is 0 Å². The van der Waals surface area contributed by atoms with E-state index in [0.29, 0.717) is 0 Å². The fourth-order valence-corrected chi connectivity index (χ4v) is 5.29. The third kappa shape index (κ3) is 2.66. The van der Waals surface area contributed by atoms with Crippen LogP contribution in [0, 0.1) is 5.41 Å². The molecule has 0 spiro atoms. The first-order valence-corrected chi connectivity index (χ1v) is 10.1. The Bertz CT molecular complexity index is 932. The maximum Gasteiger partial charge on any atom is 0.232 e. The lowest BCUT2D eigenvalue weighted by Crippen LogP contribution is -2.44. The smallest absolute Gasteiger partial charge is 0.232 e. The third-order valence-corrected chi connectivity index (χ3v) is 6.48. The van der Waals surface area contributed by atoms with E-state index in [-0.39, 0.29) is 17.9 Å². The normalized spacial score (nSPS) is 19.8. The predicted molar refractivity (Wildman–Crippen MR) is 111 cm³/mol. The molecule has 1 aromatic heterocycles. The first kappa shape index (κ1) is 17.3. The Morgan fingerprint density at radius 2 is 1.77 bits per heavy atom. The summed E-state index contributed by atoms with van der Waals surface area (Å²) in [6.45, 7) is 8.23. The zero-order valence-electron chi connectivity index (χ0n) is 15.8. The number of nitrogens with zero attached hydrogens (tertiary/aromatic N) is 1. The topological polar surface area (TPSA) is 20.3 Å². The molecule has 0 aliphatic carbocycles. The van der Waals surface area contributed by atoms with E-state index >= 15 is 0 Å². The summed E-state index contributed by atoms with van der Waals surface area (Å²) in [7, 11) is 0. The van der Waals surface area contributed by atoms with Gasteiger partial charge in [0.15, 0.2) is 0 Å². The molecule has 4 rings (SSSR count). The van der Waals surface area contributed by atoms with Gasteiger partial charge < -0.3 is 4.90 Å². The van der Waals surface area contributed by atoms with Gasteiger partial charge in [-0.1, -0.05) is 64.1 Å². The zero-order valence-corrected chi connectivity index (χ0v) is 16.6. The van der Waals surface area contributed by atoms with Crippen LogP contribution in [0.3, 0.4) is 0 Å². The number of rotatable bonds is 2. The van der Waals surface area contributed by atoms with Gasteiger partial charge in [0.25, 0.3) is 0 Å². The van der Waals surface area contributed by atoms with Crippen LogP contribution in [0.15, 0.2) is 54.6 Å². The third-order valence-electron chi connectivity index (χ3n) is 5.28. The molecule has 2 atom stereocenters. The van der Waals surface area contributed by atoms with E-state index in [4.69, 9.17) is 0 Å². The summed E-state index contributed by atoms with van der Waals surface area (Å²) >= 11 is 1.86. The molecule has 0 saturated heterocycles. The van der Waals surface area contributed by atoms with Gasteiger partial charge in [0.05, 0.1) is 0 Å². The highest BCUT2D eigenvalue weighted by molar-refractivity contribution is 7.19. The van der Waals surface area contributed by atoms with E-state index in [2.05, 4.69) is 60.4 Å². The highest BCUT2D eigenvalue weighted by Crippen LogP contribution is 2.49. The Balaban J connectivity index is 1.88. The molecular weight excluding hydrogens is 338 g/mol. The van der Waals surface area contributed by atoms with Gasteiger partial charge in [0.1, 0.15) is 0 Å². The second-order valence-corrected chi connectivity index (χ2v) is 9.24. The fraction of sp³-hybridized carbons (Fsp3) is 0.348. The van der Waals surface area contributed by atoms with Crippen molar-refractivity contribution in [3.63, 3.8) is 0 Å². The summed E-state index contributed by atoms with van der Waals surface area (Å²) < 4.78 is 1.32. The second kappa shape index (κ2) is 6.24. The molecule has 26 heavy (non-hydrogen) atoms.